The summed E-state index contributed by atoms with van der Waals surface area (Å²) in [5.41, 5.74) is 0.926. The van der Waals surface area contributed by atoms with Crippen molar-refractivity contribution in [1.29, 1.82) is 0 Å². The van der Waals surface area contributed by atoms with Gasteiger partial charge in [0.15, 0.2) is 0 Å². The van der Waals surface area contributed by atoms with E-state index in [1.807, 2.05) is 6.92 Å². The molecule has 0 N–H and O–H groups in total. The molecule has 0 fully saturated rings. The number of halogens is 3. The minimum absolute atomic E-state index is 0.0804. The van der Waals surface area contributed by atoms with Crippen molar-refractivity contribution in [2.75, 3.05) is 0 Å². The lowest BCUT2D eigenvalue weighted by Gasteiger charge is -2.03. The van der Waals surface area contributed by atoms with Crippen molar-refractivity contribution in [3.8, 4) is 11.5 Å². The Balaban J connectivity index is 2.13. The van der Waals surface area contributed by atoms with Crippen molar-refractivity contribution >= 4 is 11.2 Å². The molecule has 7 heteroatoms. The van der Waals surface area contributed by atoms with E-state index in [0.717, 1.165) is 17.8 Å². The third-order valence-electron chi connectivity index (χ3n) is 3.09. The Kier molecular flexibility index (Phi) is 3.12. The van der Waals surface area contributed by atoms with Gasteiger partial charge in [0.25, 0.3) is 0 Å². The molecule has 0 amide bonds. The van der Waals surface area contributed by atoms with Crippen LogP contribution in [0.4, 0.5) is 13.2 Å². The molecule has 0 radical (unpaired) electrons. The third kappa shape index (κ3) is 2.46. The van der Waals surface area contributed by atoms with Gasteiger partial charge in [0.05, 0.1) is 5.56 Å². The summed E-state index contributed by atoms with van der Waals surface area (Å²) in [5, 5.41) is 0. The monoisotopic (exact) mass is 293 g/mol. The highest BCUT2D eigenvalue weighted by Crippen LogP contribution is 2.32. The molecule has 108 valence electrons. The summed E-state index contributed by atoms with van der Waals surface area (Å²) < 4.78 is 43.4. The lowest BCUT2D eigenvalue weighted by atomic mass is 10.1. The third-order valence-corrected chi connectivity index (χ3v) is 3.09. The molecule has 4 nitrogen and oxygen atoms in total. The second-order valence-electron chi connectivity index (χ2n) is 4.45. The van der Waals surface area contributed by atoms with Gasteiger partial charge in [-0.15, -0.1) is 0 Å². The van der Waals surface area contributed by atoms with E-state index in [9.17, 15) is 13.2 Å². The molecule has 21 heavy (non-hydrogen) atoms. The van der Waals surface area contributed by atoms with Crippen molar-refractivity contribution in [3.05, 3.63) is 41.9 Å². The van der Waals surface area contributed by atoms with Crippen LogP contribution in [0.5, 0.6) is 0 Å². The SMILES string of the molecule is CCc1cnccc1-c1nc2cc(C(F)(F)F)cnc2o1. The van der Waals surface area contributed by atoms with Gasteiger partial charge >= 0.3 is 6.18 Å². The second kappa shape index (κ2) is 4.83. The van der Waals surface area contributed by atoms with E-state index in [-0.39, 0.29) is 17.1 Å². The second-order valence-corrected chi connectivity index (χ2v) is 4.45. The number of fused-ring (bicyclic) bond motifs is 1. The van der Waals surface area contributed by atoms with Crippen LogP contribution in [0.25, 0.3) is 22.7 Å². The van der Waals surface area contributed by atoms with Gasteiger partial charge in [-0.2, -0.15) is 13.2 Å². The topological polar surface area (TPSA) is 51.8 Å². The van der Waals surface area contributed by atoms with E-state index in [1.54, 1.807) is 18.5 Å². The zero-order valence-corrected chi connectivity index (χ0v) is 11.0. The molecule has 0 unspecified atom stereocenters. The first-order valence-corrected chi connectivity index (χ1v) is 6.26. The fourth-order valence-electron chi connectivity index (χ4n) is 2.01. The molecule has 0 aliphatic rings. The summed E-state index contributed by atoms with van der Waals surface area (Å²) in [4.78, 5) is 11.8. The van der Waals surface area contributed by atoms with Gasteiger partial charge in [-0.3, -0.25) is 4.98 Å². The zero-order valence-electron chi connectivity index (χ0n) is 11.0. The van der Waals surface area contributed by atoms with Crippen LogP contribution in [0.3, 0.4) is 0 Å². The molecular formula is C14H10F3N3O. The Morgan fingerprint density at radius 2 is 2.05 bits per heavy atom. The number of alkyl halides is 3. The van der Waals surface area contributed by atoms with Crippen molar-refractivity contribution in [3.63, 3.8) is 0 Å². The van der Waals surface area contributed by atoms with Gasteiger partial charge in [0.1, 0.15) is 5.52 Å². The van der Waals surface area contributed by atoms with E-state index in [4.69, 9.17) is 4.42 Å². The molecule has 0 aromatic carbocycles. The van der Waals surface area contributed by atoms with E-state index in [1.165, 1.54) is 0 Å². The van der Waals surface area contributed by atoms with E-state index < -0.39 is 11.7 Å². The average molecular weight is 293 g/mol. The standard InChI is InChI=1S/C14H10F3N3O/c1-2-8-6-18-4-3-10(8)12-20-11-5-9(14(15,16)17)7-19-13(11)21-12/h3-7H,2H2,1H3. The normalized spacial score (nSPS) is 12.0. The summed E-state index contributed by atoms with van der Waals surface area (Å²) in [6.07, 6.45) is 0.260. The lowest BCUT2D eigenvalue weighted by Crippen LogP contribution is -2.04. The minimum atomic E-state index is -4.45. The fraction of sp³-hybridized carbons (Fsp3) is 0.214. The van der Waals surface area contributed by atoms with Gasteiger partial charge in [-0.1, -0.05) is 6.92 Å². The number of hydrogen-bond donors (Lipinski definition) is 0. The van der Waals surface area contributed by atoms with Crippen LogP contribution in [-0.2, 0) is 12.6 Å². The number of rotatable bonds is 2. The Hall–Kier alpha value is -2.44. The van der Waals surface area contributed by atoms with E-state index >= 15 is 0 Å². The molecule has 0 saturated heterocycles. The quantitative estimate of drug-likeness (QED) is 0.719. The van der Waals surface area contributed by atoms with Crippen LogP contribution >= 0.6 is 0 Å². The van der Waals surface area contributed by atoms with E-state index in [2.05, 4.69) is 15.0 Å². The van der Waals surface area contributed by atoms with Crippen LogP contribution in [-0.4, -0.2) is 15.0 Å². The first-order valence-electron chi connectivity index (χ1n) is 6.26. The van der Waals surface area contributed by atoms with Crippen molar-refractivity contribution < 1.29 is 17.6 Å². The van der Waals surface area contributed by atoms with Crippen LogP contribution in [0, 0.1) is 0 Å². The van der Waals surface area contributed by atoms with Gasteiger partial charge < -0.3 is 4.42 Å². The van der Waals surface area contributed by atoms with Gasteiger partial charge in [0.2, 0.25) is 11.6 Å². The van der Waals surface area contributed by atoms with Crippen LogP contribution in [0.2, 0.25) is 0 Å². The van der Waals surface area contributed by atoms with E-state index in [0.29, 0.717) is 12.0 Å². The van der Waals surface area contributed by atoms with Crippen LogP contribution < -0.4 is 0 Å². The van der Waals surface area contributed by atoms with Crippen molar-refractivity contribution in [2.24, 2.45) is 0 Å². The average Bonchev–Trinajstić information content (AvgIpc) is 2.89. The zero-order chi connectivity index (χ0) is 15.0. The largest absolute Gasteiger partial charge is 0.418 e. The number of aryl methyl sites for hydroxylation is 1. The lowest BCUT2D eigenvalue weighted by molar-refractivity contribution is -0.137. The number of pyridine rings is 2. The first-order chi connectivity index (χ1) is 9.99. The summed E-state index contributed by atoms with van der Waals surface area (Å²) in [7, 11) is 0. The molecule has 3 aromatic rings. The molecule has 0 spiro atoms. The van der Waals surface area contributed by atoms with Crippen molar-refractivity contribution in [2.45, 2.75) is 19.5 Å². The Morgan fingerprint density at radius 1 is 1.24 bits per heavy atom. The molecule has 0 aliphatic carbocycles. The summed E-state index contributed by atoms with van der Waals surface area (Å²) >= 11 is 0. The molecule has 0 saturated carbocycles. The Labute approximate surface area is 117 Å². The maximum atomic E-state index is 12.7. The molecule has 0 aliphatic heterocycles. The molecule has 0 atom stereocenters. The summed E-state index contributed by atoms with van der Waals surface area (Å²) in [6, 6.07) is 2.65. The molecular weight excluding hydrogens is 283 g/mol. The number of oxazole rings is 1. The van der Waals surface area contributed by atoms with Gasteiger partial charge in [0, 0.05) is 24.2 Å². The van der Waals surface area contributed by atoms with Gasteiger partial charge in [-0.25, -0.2) is 9.97 Å². The molecule has 3 rings (SSSR count). The predicted molar refractivity (Wildman–Crippen MR) is 69.4 cm³/mol. The highest BCUT2D eigenvalue weighted by molar-refractivity contribution is 5.74. The number of aromatic nitrogens is 3. The molecule has 3 aromatic heterocycles. The first kappa shape index (κ1) is 13.5. The number of hydrogen-bond acceptors (Lipinski definition) is 4. The molecule has 0 bridgehead atoms. The van der Waals surface area contributed by atoms with Crippen LogP contribution in [0.15, 0.2) is 35.1 Å². The summed E-state index contributed by atoms with van der Waals surface area (Å²) in [5.74, 6) is 0.246. The molecule has 3 heterocycles. The Bertz CT molecular complexity index is 796. The predicted octanol–water partition coefficient (Wildman–Crippen LogP) is 3.87. The summed E-state index contributed by atoms with van der Waals surface area (Å²) in [6.45, 7) is 1.95. The number of nitrogens with zero attached hydrogens (tertiary/aromatic N) is 3. The fourth-order valence-corrected chi connectivity index (χ4v) is 2.01. The van der Waals surface area contributed by atoms with Crippen LogP contribution in [0.1, 0.15) is 18.1 Å². The van der Waals surface area contributed by atoms with Gasteiger partial charge in [-0.05, 0) is 24.1 Å². The highest BCUT2D eigenvalue weighted by Gasteiger charge is 2.31. The Morgan fingerprint density at radius 3 is 2.76 bits per heavy atom. The maximum Gasteiger partial charge on any atom is 0.417 e. The van der Waals surface area contributed by atoms with Crippen molar-refractivity contribution in [1.82, 2.24) is 15.0 Å². The minimum Gasteiger partial charge on any atom is -0.418 e. The maximum absolute atomic E-state index is 12.7. The highest BCUT2D eigenvalue weighted by atomic mass is 19.4. The smallest absolute Gasteiger partial charge is 0.417 e.